The predicted molar refractivity (Wildman–Crippen MR) is 81.6 cm³/mol. The van der Waals surface area contributed by atoms with Crippen LogP contribution >= 0.6 is 12.2 Å². The van der Waals surface area contributed by atoms with Crippen molar-refractivity contribution in [2.45, 2.75) is 25.8 Å². The maximum atomic E-state index is 5.67. The van der Waals surface area contributed by atoms with E-state index in [0.717, 1.165) is 31.2 Å². The van der Waals surface area contributed by atoms with Gasteiger partial charge in [-0.1, -0.05) is 12.2 Å². The van der Waals surface area contributed by atoms with E-state index in [-0.39, 0.29) is 0 Å². The summed E-state index contributed by atoms with van der Waals surface area (Å²) in [6, 6.07) is 2.38. The molecule has 0 amide bonds. The highest BCUT2D eigenvalue weighted by atomic mass is 32.1. The third-order valence-electron chi connectivity index (χ3n) is 3.50. The Balaban J connectivity index is 2.23. The van der Waals surface area contributed by atoms with Crippen molar-refractivity contribution >= 4 is 23.2 Å². The van der Waals surface area contributed by atoms with Crippen LogP contribution in [0.2, 0.25) is 0 Å². The number of hydrogen-bond acceptors (Lipinski definition) is 5. The third-order valence-corrected chi connectivity index (χ3v) is 3.71. The van der Waals surface area contributed by atoms with Gasteiger partial charge in [0.1, 0.15) is 10.7 Å². The fraction of sp³-hybridized carbons (Fsp3) is 0.615. The van der Waals surface area contributed by atoms with Crippen LogP contribution in [0, 0.1) is 6.92 Å². The first-order valence-corrected chi connectivity index (χ1v) is 6.95. The summed E-state index contributed by atoms with van der Waals surface area (Å²) in [5.74, 6) is 0.745. The van der Waals surface area contributed by atoms with Crippen molar-refractivity contribution in [3.8, 4) is 0 Å². The van der Waals surface area contributed by atoms with Crippen LogP contribution < -0.4 is 10.6 Å². The highest BCUT2D eigenvalue weighted by Gasteiger charge is 2.23. The minimum Gasteiger partial charge on any atom is -0.388 e. The molecule has 1 aromatic rings. The Morgan fingerprint density at radius 3 is 2.84 bits per heavy atom. The maximum absolute atomic E-state index is 5.67. The van der Waals surface area contributed by atoms with E-state index in [1.807, 2.05) is 13.0 Å². The van der Waals surface area contributed by atoms with Crippen molar-refractivity contribution < 1.29 is 0 Å². The molecule has 1 fully saturated rings. The molecule has 0 saturated carbocycles. The molecule has 2 rings (SSSR count). The van der Waals surface area contributed by atoms with Crippen LogP contribution in [0.3, 0.4) is 0 Å². The fourth-order valence-corrected chi connectivity index (χ4v) is 2.48. The quantitative estimate of drug-likeness (QED) is 0.831. The molecule has 19 heavy (non-hydrogen) atoms. The summed E-state index contributed by atoms with van der Waals surface area (Å²) in [6.45, 7) is 3.89. The molecule has 0 aliphatic carbocycles. The minimum absolute atomic E-state index is 0.327. The van der Waals surface area contributed by atoms with E-state index in [2.05, 4.69) is 33.9 Å². The molecular weight excluding hydrogens is 258 g/mol. The zero-order valence-electron chi connectivity index (χ0n) is 11.8. The molecule has 104 valence electrons. The largest absolute Gasteiger partial charge is 0.388 e. The maximum Gasteiger partial charge on any atom is 0.226 e. The van der Waals surface area contributed by atoms with Crippen LogP contribution in [0.1, 0.15) is 24.2 Å². The molecule has 2 heterocycles. The van der Waals surface area contributed by atoms with Crippen molar-refractivity contribution in [3.05, 3.63) is 17.5 Å². The number of hydrogen-bond donors (Lipinski definition) is 1. The second-order valence-corrected chi connectivity index (χ2v) is 5.70. The van der Waals surface area contributed by atoms with Gasteiger partial charge in [0, 0.05) is 24.8 Å². The number of anilines is 1. The molecule has 0 bridgehead atoms. The van der Waals surface area contributed by atoms with Gasteiger partial charge in [0.2, 0.25) is 5.95 Å². The van der Waals surface area contributed by atoms with Crippen LogP contribution in [0.15, 0.2) is 6.07 Å². The van der Waals surface area contributed by atoms with E-state index in [1.54, 1.807) is 0 Å². The van der Waals surface area contributed by atoms with Gasteiger partial charge in [0.15, 0.2) is 0 Å². The van der Waals surface area contributed by atoms with Gasteiger partial charge >= 0.3 is 0 Å². The molecular formula is C13H21N5S. The number of likely N-dealkylation sites (N-methyl/N-ethyl adjacent to an activating group) is 1. The zero-order chi connectivity index (χ0) is 14.0. The minimum atomic E-state index is 0.327. The molecule has 1 atom stereocenters. The molecule has 0 aromatic carbocycles. The Morgan fingerprint density at radius 1 is 1.47 bits per heavy atom. The molecule has 0 spiro atoms. The number of aryl methyl sites for hydroxylation is 1. The standard InChI is InChI=1S/C13H21N5S/c1-9-7-11(12(14)19)16-13(15-9)18-6-4-5-10(8-18)17(2)3/h7,10H,4-6,8H2,1-3H3,(H2,14,19). The lowest BCUT2D eigenvalue weighted by Gasteiger charge is -2.36. The van der Waals surface area contributed by atoms with Gasteiger partial charge in [-0.05, 0) is 39.9 Å². The lowest BCUT2D eigenvalue weighted by atomic mass is 10.1. The average Bonchev–Trinajstić information content (AvgIpc) is 2.38. The second-order valence-electron chi connectivity index (χ2n) is 5.26. The molecule has 1 unspecified atom stereocenters. The summed E-state index contributed by atoms with van der Waals surface area (Å²) in [6.07, 6.45) is 2.38. The van der Waals surface area contributed by atoms with E-state index in [0.29, 0.717) is 16.7 Å². The molecule has 1 aliphatic rings. The highest BCUT2D eigenvalue weighted by molar-refractivity contribution is 7.80. The van der Waals surface area contributed by atoms with Crippen molar-refractivity contribution in [3.63, 3.8) is 0 Å². The first kappa shape index (κ1) is 14.1. The van der Waals surface area contributed by atoms with E-state index in [9.17, 15) is 0 Å². The summed E-state index contributed by atoms with van der Waals surface area (Å²) < 4.78 is 0. The molecule has 2 N–H and O–H groups in total. The summed E-state index contributed by atoms with van der Waals surface area (Å²) in [4.78, 5) is 13.8. The van der Waals surface area contributed by atoms with Gasteiger partial charge in [0.05, 0.1) is 0 Å². The average molecular weight is 279 g/mol. The SMILES string of the molecule is Cc1cc(C(N)=S)nc(N2CCCC(N(C)C)C2)n1. The summed E-state index contributed by atoms with van der Waals surface area (Å²) in [5.41, 5.74) is 7.23. The van der Waals surface area contributed by atoms with Crippen LogP contribution in [-0.4, -0.2) is 53.1 Å². The van der Waals surface area contributed by atoms with Crippen molar-refractivity contribution in [1.29, 1.82) is 0 Å². The van der Waals surface area contributed by atoms with Crippen LogP contribution in [0.4, 0.5) is 5.95 Å². The first-order chi connectivity index (χ1) is 8.97. The van der Waals surface area contributed by atoms with Crippen LogP contribution in [0.5, 0.6) is 0 Å². The topological polar surface area (TPSA) is 58.3 Å². The van der Waals surface area contributed by atoms with Gasteiger partial charge < -0.3 is 15.5 Å². The highest BCUT2D eigenvalue weighted by Crippen LogP contribution is 2.19. The molecule has 1 aromatic heterocycles. The van der Waals surface area contributed by atoms with Gasteiger partial charge in [-0.2, -0.15) is 0 Å². The Labute approximate surface area is 119 Å². The number of rotatable bonds is 3. The lowest BCUT2D eigenvalue weighted by Crippen LogP contribution is -2.46. The van der Waals surface area contributed by atoms with Gasteiger partial charge in [-0.25, -0.2) is 9.97 Å². The van der Waals surface area contributed by atoms with E-state index >= 15 is 0 Å². The second kappa shape index (κ2) is 5.79. The number of aromatic nitrogens is 2. The summed E-state index contributed by atoms with van der Waals surface area (Å²) in [5, 5.41) is 0. The molecule has 6 heteroatoms. The van der Waals surface area contributed by atoms with E-state index < -0.39 is 0 Å². The van der Waals surface area contributed by atoms with Crippen molar-refractivity contribution in [1.82, 2.24) is 14.9 Å². The van der Waals surface area contributed by atoms with E-state index in [4.69, 9.17) is 18.0 Å². The Morgan fingerprint density at radius 2 is 2.21 bits per heavy atom. The zero-order valence-corrected chi connectivity index (χ0v) is 12.6. The Bertz CT molecular complexity index is 474. The summed E-state index contributed by atoms with van der Waals surface area (Å²) >= 11 is 5.01. The Hall–Kier alpha value is -1.27. The van der Waals surface area contributed by atoms with Crippen LogP contribution in [-0.2, 0) is 0 Å². The number of nitrogens with two attached hydrogens (primary N) is 1. The third kappa shape index (κ3) is 3.39. The normalized spacial score (nSPS) is 19.8. The molecule has 1 aliphatic heterocycles. The smallest absolute Gasteiger partial charge is 0.226 e. The summed E-state index contributed by atoms with van der Waals surface area (Å²) in [7, 11) is 4.23. The van der Waals surface area contributed by atoms with Gasteiger partial charge in [-0.3, -0.25) is 0 Å². The molecule has 1 saturated heterocycles. The van der Waals surface area contributed by atoms with Gasteiger partial charge in [-0.15, -0.1) is 0 Å². The van der Waals surface area contributed by atoms with Crippen LogP contribution in [0.25, 0.3) is 0 Å². The Kier molecular flexibility index (Phi) is 4.31. The fourth-order valence-electron chi connectivity index (χ4n) is 2.38. The van der Waals surface area contributed by atoms with Crippen molar-refractivity contribution in [2.75, 3.05) is 32.1 Å². The van der Waals surface area contributed by atoms with Crippen molar-refractivity contribution in [2.24, 2.45) is 5.73 Å². The first-order valence-electron chi connectivity index (χ1n) is 6.54. The molecule has 0 radical (unpaired) electrons. The predicted octanol–water partition coefficient (Wildman–Crippen LogP) is 0.950. The lowest BCUT2D eigenvalue weighted by molar-refractivity contribution is 0.257. The number of piperidine rings is 1. The molecule has 5 nitrogen and oxygen atoms in total. The number of nitrogens with zero attached hydrogens (tertiary/aromatic N) is 4. The number of thiocarbonyl (C=S) groups is 1. The van der Waals surface area contributed by atoms with Gasteiger partial charge in [0.25, 0.3) is 0 Å². The monoisotopic (exact) mass is 279 g/mol. The van der Waals surface area contributed by atoms with E-state index in [1.165, 1.54) is 6.42 Å².